The van der Waals surface area contributed by atoms with Gasteiger partial charge in [-0.1, -0.05) is 6.92 Å². The van der Waals surface area contributed by atoms with E-state index >= 15 is 0 Å². The summed E-state index contributed by atoms with van der Waals surface area (Å²) in [5.74, 6) is -0.221. The molecule has 0 aliphatic heterocycles. The average molecular weight is 252 g/mol. The van der Waals surface area contributed by atoms with Crippen LogP contribution in [0, 0.1) is 0 Å². The lowest BCUT2D eigenvalue weighted by Crippen LogP contribution is -2.21. The fourth-order valence-electron chi connectivity index (χ4n) is 1.63. The number of pyridine rings is 1. The minimum Gasteiger partial charge on any atom is -0.478 e. The number of anilines is 1. The van der Waals surface area contributed by atoms with Crippen LogP contribution in [0.25, 0.3) is 0 Å². The quantitative estimate of drug-likeness (QED) is 0.750. The molecular formula is C13H20N2O3. The summed E-state index contributed by atoms with van der Waals surface area (Å²) in [6, 6.07) is 3.23. The Morgan fingerprint density at radius 3 is 2.78 bits per heavy atom. The van der Waals surface area contributed by atoms with Crippen molar-refractivity contribution < 1.29 is 14.6 Å². The molecular weight excluding hydrogens is 232 g/mol. The van der Waals surface area contributed by atoms with Gasteiger partial charge in [-0.05, 0) is 25.0 Å². The molecule has 0 saturated carbocycles. The highest BCUT2D eigenvalue weighted by Gasteiger charge is 2.10. The Labute approximate surface area is 107 Å². The van der Waals surface area contributed by atoms with Crippen LogP contribution in [0.15, 0.2) is 12.1 Å². The van der Waals surface area contributed by atoms with Gasteiger partial charge in [0.2, 0.25) is 0 Å². The summed E-state index contributed by atoms with van der Waals surface area (Å²) < 4.78 is 4.99. The predicted molar refractivity (Wildman–Crippen MR) is 70.3 cm³/mol. The van der Waals surface area contributed by atoms with Gasteiger partial charge in [0.1, 0.15) is 5.82 Å². The highest BCUT2D eigenvalue weighted by atomic mass is 16.5. The molecule has 0 bridgehead atoms. The van der Waals surface area contributed by atoms with Crippen LogP contribution >= 0.6 is 0 Å². The summed E-state index contributed by atoms with van der Waals surface area (Å²) in [6.07, 6.45) is 1.60. The Hall–Kier alpha value is -1.62. The van der Waals surface area contributed by atoms with Gasteiger partial charge < -0.3 is 14.7 Å². The Morgan fingerprint density at radius 2 is 2.22 bits per heavy atom. The van der Waals surface area contributed by atoms with E-state index in [1.807, 2.05) is 18.9 Å². The molecule has 1 aromatic rings. The molecule has 0 aliphatic rings. The minimum absolute atomic E-state index is 0.287. The van der Waals surface area contributed by atoms with Crippen LogP contribution in [0.2, 0.25) is 0 Å². The van der Waals surface area contributed by atoms with Crippen LogP contribution in [-0.4, -0.2) is 43.4 Å². The number of carbonyl (C=O) groups is 1. The van der Waals surface area contributed by atoms with Crippen molar-refractivity contribution in [2.24, 2.45) is 0 Å². The van der Waals surface area contributed by atoms with Crippen molar-refractivity contribution in [3.05, 3.63) is 23.4 Å². The first kappa shape index (κ1) is 14.4. The number of ether oxygens (including phenoxy) is 1. The standard InChI is InChI=1S/C13H20N2O3/c1-4-11-8-10(13(16)17)9-12(14-11)15(2)6-5-7-18-3/h8-9H,4-7H2,1-3H3,(H,16,17). The molecule has 0 amide bonds. The lowest BCUT2D eigenvalue weighted by molar-refractivity contribution is 0.0696. The van der Waals surface area contributed by atoms with Crippen molar-refractivity contribution in [1.29, 1.82) is 0 Å². The highest BCUT2D eigenvalue weighted by Crippen LogP contribution is 2.15. The zero-order valence-electron chi connectivity index (χ0n) is 11.1. The second kappa shape index (κ2) is 6.96. The second-order valence-electron chi connectivity index (χ2n) is 4.13. The van der Waals surface area contributed by atoms with Gasteiger partial charge in [-0.3, -0.25) is 0 Å². The zero-order chi connectivity index (χ0) is 13.5. The van der Waals surface area contributed by atoms with E-state index < -0.39 is 5.97 Å². The van der Waals surface area contributed by atoms with E-state index in [1.165, 1.54) is 0 Å². The maximum atomic E-state index is 11.0. The summed E-state index contributed by atoms with van der Waals surface area (Å²) in [4.78, 5) is 17.4. The number of carboxylic acid groups (broad SMARTS) is 1. The molecule has 0 spiro atoms. The van der Waals surface area contributed by atoms with Gasteiger partial charge in [0, 0.05) is 33.0 Å². The van der Waals surface area contributed by atoms with Crippen LogP contribution in [-0.2, 0) is 11.2 Å². The summed E-state index contributed by atoms with van der Waals surface area (Å²) >= 11 is 0. The predicted octanol–water partition coefficient (Wildman–Crippen LogP) is 1.81. The fraction of sp³-hybridized carbons (Fsp3) is 0.538. The molecule has 1 aromatic heterocycles. The molecule has 0 aromatic carbocycles. The van der Waals surface area contributed by atoms with Crippen LogP contribution in [0.1, 0.15) is 29.4 Å². The van der Waals surface area contributed by atoms with Crippen LogP contribution in [0.4, 0.5) is 5.82 Å². The van der Waals surface area contributed by atoms with Gasteiger partial charge in [-0.25, -0.2) is 9.78 Å². The molecule has 100 valence electrons. The number of aryl methyl sites for hydroxylation is 1. The summed E-state index contributed by atoms with van der Waals surface area (Å²) in [5.41, 5.74) is 1.08. The number of aromatic nitrogens is 1. The van der Waals surface area contributed by atoms with E-state index in [2.05, 4.69) is 4.98 Å². The first-order valence-corrected chi connectivity index (χ1v) is 6.02. The molecule has 18 heavy (non-hydrogen) atoms. The maximum Gasteiger partial charge on any atom is 0.335 e. The molecule has 0 fully saturated rings. The van der Waals surface area contributed by atoms with Gasteiger partial charge in [0.05, 0.1) is 5.56 Å². The van der Waals surface area contributed by atoms with E-state index in [0.717, 1.165) is 25.1 Å². The lowest BCUT2D eigenvalue weighted by atomic mass is 10.2. The first-order chi connectivity index (χ1) is 8.58. The molecule has 1 rings (SSSR count). The van der Waals surface area contributed by atoms with E-state index in [1.54, 1.807) is 19.2 Å². The largest absolute Gasteiger partial charge is 0.478 e. The van der Waals surface area contributed by atoms with Crippen molar-refractivity contribution in [3.8, 4) is 0 Å². The van der Waals surface area contributed by atoms with Crippen LogP contribution in [0.3, 0.4) is 0 Å². The third-order valence-corrected chi connectivity index (χ3v) is 2.71. The summed E-state index contributed by atoms with van der Waals surface area (Å²) in [6.45, 7) is 3.43. The second-order valence-corrected chi connectivity index (χ2v) is 4.13. The Balaban J connectivity index is 2.86. The third-order valence-electron chi connectivity index (χ3n) is 2.71. The van der Waals surface area contributed by atoms with E-state index in [-0.39, 0.29) is 5.56 Å². The molecule has 1 N–H and O–H groups in total. The average Bonchev–Trinajstić information content (AvgIpc) is 2.38. The normalized spacial score (nSPS) is 10.4. The number of hydrogen-bond donors (Lipinski definition) is 1. The topological polar surface area (TPSA) is 62.7 Å². The van der Waals surface area contributed by atoms with Gasteiger partial charge in [0.25, 0.3) is 0 Å². The molecule has 5 heteroatoms. The van der Waals surface area contributed by atoms with Gasteiger partial charge >= 0.3 is 5.97 Å². The molecule has 0 saturated heterocycles. The van der Waals surface area contributed by atoms with Gasteiger partial charge in [0.15, 0.2) is 0 Å². The van der Waals surface area contributed by atoms with Crippen LogP contribution < -0.4 is 4.90 Å². The molecule has 5 nitrogen and oxygen atoms in total. The van der Waals surface area contributed by atoms with E-state index in [9.17, 15) is 4.79 Å². The molecule has 1 heterocycles. The number of carboxylic acids is 1. The Morgan fingerprint density at radius 1 is 1.50 bits per heavy atom. The molecule has 0 atom stereocenters. The number of hydrogen-bond acceptors (Lipinski definition) is 4. The SMILES string of the molecule is CCc1cc(C(=O)O)cc(N(C)CCCOC)n1. The smallest absolute Gasteiger partial charge is 0.335 e. The zero-order valence-corrected chi connectivity index (χ0v) is 11.1. The Bertz CT molecular complexity index is 407. The molecule has 0 unspecified atom stereocenters. The maximum absolute atomic E-state index is 11.0. The molecule has 0 radical (unpaired) electrons. The van der Waals surface area contributed by atoms with Crippen molar-refractivity contribution >= 4 is 11.8 Å². The Kier molecular flexibility index (Phi) is 5.58. The van der Waals surface area contributed by atoms with Crippen LogP contribution in [0.5, 0.6) is 0 Å². The van der Waals surface area contributed by atoms with Crippen molar-refractivity contribution in [2.75, 3.05) is 32.2 Å². The van der Waals surface area contributed by atoms with Crippen molar-refractivity contribution in [1.82, 2.24) is 4.98 Å². The third kappa shape index (κ3) is 4.00. The monoisotopic (exact) mass is 252 g/mol. The minimum atomic E-state index is -0.918. The number of rotatable bonds is 7. The number of methoxy groups -OCH3 is 1. The van der Waals surface area contributed by atoms with Crippen molar-refractivity contribution in [3.63, 3.8) is 0 Å². The summed E-state index contributed by atoms with van der Waals surface area (Å²) in [5, 5.41) is 9.06. The molecule has 0 aliphatic carbocycles. The first-order valence-electron chi connectivity index (χ1n) is 6.02. The number of nitrogens with zero attached hydrogens (tertiary/aromatic N) is 2. The van der Waals surface area contributed by atoms with Gasteiger partial charge in [-0.2, -0.15) is 0 Å². The fourth-order valence-corrected chi connectivity index (χ4v) is 1.63. The summed E-state index contributed by atoms with van der Waals surface area (Å²) in [7, 11) is 3.57. The van der Waals surface area contributed by atoms with Crippen molar-refractivity contribution in [2.45, 2.75) is 19.8 Å². The van der Waals surface area contributed by atoms with E-state index in [0.29, 0.717) is 12.4 Å². The van der Waals surface area contributed by atoms with Gasteiger partial charge in [-0.15, -0.1) is 0 Å². The van der Waals surface area contributed by atoms with E-state index in [4.69, 9.17) is 9.84 Å². The lowest BCUT2D eigenvalue weighted by Gasteiger charge is -2.19. The number of aromatic carboxylic acids is 1. The highest BCUT2D eigenvalue weighted by molar-refractivity contribution is 5.88.